The standard InChI is InChI=1S/C9H5ClNS/c10-8-3-1-7(2-4-8)9-5-6-12-11-9/h1-5H. The van der Waals surface area contributed by atoms with Crippen LogP contribution in [0.2, 0.25) is 5.02 Å². The lowest BCUT2D eigenvalue weighted by Gasteiger charge is -1.94. The number of rotatable bonds is 1. The van der Waals surface area contributed by atoms with Gasteiger partial charge in [0.15, 0.2) is 0 Å². The summed E-state index contributed by atoms with van der Waals surface area (Å²) in [4.78, 5) is 0. The lowest BCUT2D eigenvalue weighted by Crippen LogP contribution is -1.74. The maximum atomic E-state index is 5.75. The molecule has 0 bridgehead atoms. The molecule has 1 heterocycles. The summed E-state index contributed by atoms with van der Waals surface area (Å²) in [7, 11) is 0. The zero-order chi connectivity index (χ0) is 8.39. The molecule has 0 aliphatic heterocycles. The topological polar surface area (TPSA) is 12.9 Å². The fourth-order valence-electron chi connectivity index (χ4n) is 0.941. The molecule has 1 aromatic carbocycles. The van der Waals surface area contributed by atoms with Crippen LogP contribution in [0.15, 0.2) is 30.3 Å². The van der Waals surface area contributed by atoms with Gasteiger partial charge in [0, 0.05) is 10.6 Å². The van der Waals surface area contributed by atoms with Gasteiger partial charge < -0.3 is 0 Å². The Morgan fingerprint density at radius 1 is 1.25 bits per heavy atom. The van der Waals surface area contributed by atoms with E-state index in [1.807, 2.05) is 30.3 Å². The maximum Gasteiger partial charge on any atom is 0.0847 e. The summed E-state index contributed by atoms with van der Waals surface area (Å²) >= 11 is 7.08. The van der Waals surface area contributed by atoms with Crippen LogP contribution in [0.4, 0.5) is 0 Å². The van der Waals surface area contributed by atoms with Gasteiger partial charge in [-0.2, -0.15) is 4.37 Å². The van der Waals surface area contributed by atoms with Crippen molar-refractivity contribution in [2.45, 2.75) is 0 Å². The molecule has 0 fully saturated rings. The van der Waals surface area contributed by atoms with Crippen LogP contribution in [0.5, 0.6) is 0 Å². The van der Waals surface area contributed by atoms with E-state index in [0.717, 1.165) is 16.3 Å². The molecule has 3 heteroatoms. The second-order valence-electron chi connectivity index (χ2n) is 2.34. The van der Waals surface area contributed by atoms with Gasteiger partial charge in [0.05, 0.1) is 11.1 Å². The Labute approximate surface area is 79.8 Å². The number of nitrogens with zero attached hydrogens (tertiary/aromatic N) is 1. The van der Waals surface area contributed by atoms with Gasteiger partial charge in [-0.3, -0.25) is 0 Å². The predicted molar refractivity (Wildman–Crippen MR) is 51.4 cm³/mol. The number of aromatic nitrogens is 1. The molecule has 0 unspecified atom stereocenters. The highest BCUT2D eigenvalue weighted by atomic mass is 35.5. The van der Waals surface area contributed by atoms with E-state index in [1.165, 1.54) is 11.5 Å². The molecule has 0 atom stereocenters. The zero-order valence-corrected chi connectivity index (χ0v) is 7.69. The third-order valence-corrected chi connectivity index (χ3v) is 2.30. The van der Waals surface area contributed by atoms with Crippen molar-refractivity contribution >= 4 is 23.1 Å². The average Bonchev–Trinajstić information content (AvgIpc) is 2.58. The van der Waals surface area contributed by atoms with Crippen LogP contribution in [0.1, 0.15) is 0 Å². The maximum absolute atomic E-state index is 5.75. The van der Waals surface area contributed by atoms with Crippen molar-refractivity contribution in [2.75, 3.05) is 0 Å². The molecule has 0 spiro atoms. The fourth-order valence-corrected chi connectivity index (χ4v) is 1.54. The molecule has 1 radical (unpaired) electrons. The molecule has 1 nitrogen and oxygen atoms in total. The van der Waals surface area contributed by atoms with Crippen LogP contribution in [0, 0.1) is 5.38 Å². The number of benzene rings is 1. The second-order valence-corrected chi connectivity index (χ2v) is 3.37. The summed E-state index contributed by atoms with van der Waals surface area (Å²) < 4.78 is 4.16. The predicted octanol–water partition coefficient (Wildman–Crippen LogP) is 3.26. The van der Waals surface area contributed by atoms with Crippen molar-refractivity contribution < 1.29 is 0 Å². The zero-order valence-electron chi connectivity index (χ0n) is 6.12. The summed E-state index contributed by atoms with van der Waals surface area (Å²) in [5.74, 6) is 0. The van der Waals surface area contributed by atoms with Gasteiger partial charge >= 0.3 is 0 Å². The van der Waals surface area contributed by atoms with Crippen LogP contribution in [0.3, 0.4) is 0 Å². The number of halogens is 1. The minimum absolute atomic E-state index is 0.748. The van der Waals surface area contributed by atoms with Gasteiger partial charge in [0.2, 0.25) is 0 Å². The van der Waals surface area contributed by atoms with E-state index < -0.39 is 0 Å². The van der Waals surface area contributed by atoms with E-state index in [0.29, 0.717) is 0 Å². The average molecular weight is 195 g/mol. The van der Waals surface area contributed by atoms with Crippen molar-refractivity contribution in [2.24, 2.45) is 0 Å². The third kappa shape index (κ3) is 1.49. The highest BCUT2D eigenvalue weighted by molar-refractivity contribution is 7.03. The Morgan fingerprint density at radius 2 is 2.00 bits per heavy atom. The Bertz CT molecular complexity index is 353. The highest BCUT2D eigenvalue weighted by Crippen LogP contribution is 2.20. The van der Waals surface area contributed by atoms with E-state index in [2.05, 4.69) is 9.75 Å². The highest BCUT2D eigenvalue weighted by Gasteiger charge is 1.98. The molecule has 0 N–H and O–H groups in total. The molecule has 0 aliphatic rings. The second kappa shape index (κ2) is 3.25. The Kier molecular flexibility index (Phi) is 2.11. The van der Waals surface area contributed by atoms with Gasteiger partial charge in [-0.1, -0.05) is 23.7 Å². The van der Waals surface area contributed by atoms with Gasteiger partial charge in [-0.15, -0.1) is 0 Å². The number of hydrogen-bond donors (Lipinski definition) is 0. The van der Waals surface area contributed by atoms with E-state index >= 15 is 0 Å². The summed E-state index contributed by atoms with van der Waals surface area (Å²) in [6.07, 6.45) is 0. The Hall–Kier alpha value is -0.860. The lowest BCUT2D eigenvalue weighted by atomic mass is 10.2. The normalized spacial score (nSPS) is 10.1. The van der Waals surface area contributed by atoms with Crippen LogP contribution in [-0.4, -0.2) is 4.37 Å². The van der Waals surface area contributed by atoms with Gasteiger partial charge in [-0.25, -0.2) is 0 Å². The van der Waals surface area contributed by atoms with Crippen LogP contribution < -0.4 is 0 Å². The van der Waals surface area contributed by atoms with Crippen molar-refractivity contribution in [3.8, 4) is 11.3 Å². The largest absolute Gasteiger partial charge is 0.192 e. The molecule has 1 aromatic heterocycles. The third-order valence-electron chi connectivity index (χ3n) is 1.53. The monoisotopic (exact) mass is 194 g/mol. The molecule has 0 saturated carbocycles. The molecule has 0 saturated heterocycles. The van der Waals surface area contributed by atoms with E-state index in [9.17, 15) is 0 Å². The van der Waals surface area contributed by atoms with Crippen molar-refractivity contribution in [1.82, 2.24) is 4.37 Å². The van der Waals surface area contributed by atoms with Crippen molar-refractivity contribution in [1.29, 1.82) is 0 Å². The van der Waals surface area contributed by atoms with Crippen LogP contribution in [0.25, 0.3) is 11.3 Å². The first-order valence-electron chi connectivity index (χ1n) is 3.45. The van der Waals surface area contributed by atoms with Gasteiger partial charge in [0.1, 0.15) is 0 Å². The summed E-state index contributed by atoms with van der Waals surface area (Å²) in [6.45, 7) is 0. The fraction of sp³-hybridized carbons (Fsp3) is 0. The summed E-state index contributed by atoms with van der Waals surface area (Å²) in [5, 5.41) is 3.69. The minimum Gasteiger partial charge on any atom is -0.192 e. The summed E-state index contributed by atoms with van der Waals surface area (Å²) in [5.41, 5.74) is 2.04. The molecular formula is C9H5ClNS. The van der Waals surface area contributed by atoms with E-state index in [-0.39, 0.29) is 0 Å². The lowest BCUT2D eigenvalue weighted by molar-refractivity contribution is 1.52. The quantitative estimate of drug-likeness (QED) is 0.679. The van der Waals surface area contributed by atoms with Gasteiger partial charge in [0.25, 0.3) is 0 Å². The molecule has 0 amide bonds. The first-order chi connectivity index (χ1) is 5.86. The van der Waals surface area contributed by atoms with E-state index in [4.69, 9.17) is 11.6 Å². The minimum atomic E-state index is 0.748. The molecule has 12 heavy (non-hydrogen) atoms. The molecule has 2 aromatic rings. The molecule has 0 aliphatic carbocycles. The molecule has 59 valence electrons. The first kappa shape index (κ1) is 7.77. The summed E-state index contributed by atoms with van der Waals surface area (Å²) in [6, 6.07) is 9.48. The SMILES string of the molecule is Clc1ccc(-c2c[c]sn2)cc1. The number of hydrogen-bond acceptors (Lipinski definition) is 2. The van der Waals surface area contributed by atoms with E-state index in [1.54, 1.807) is 0 Å². The van der Waals surface area contributed by atoms with Crippen molar-refractivity contribution in [3.05, 3.63) is 40.7 Å². The smallest absolute Gasteiger partial charge is 0.0847 e. The van der Waals surface area contributed by atoms with Crippen LogP contribution >= 0.6 is 23.1 Å². The Balaban J connectivity index is 2.43. The Morgan fingerprint density at radius 3 is 2.58 bits per heavy atom. The van der Waals surface area contributed by atoms with Crippen molar-refractivity contribution in [3.63, 3.8) is 0 Å². The van der Waals surface area contributed by atoms with Gasteiger partial charge in [-0.05, 0) is 29.7 Å². The van der Waals surface area contributed by atoms with Crippen LogP contribution in [-0.2, 0) is 0 Å². The molecular weight excluding hydrogens is 190 g/mol. The molecule has 2 rings (SSSR count). The first-order valence-corrected chi connectivity index (χ1v) is 4.60.